The molecule has 2 fully saturated rings. The van der Waals surface area contributed by atoms with Crippen molar-refractivity contribution in [2.45, 2.75) is 19.1 Å². The lowest BCUT2D eigenvalue weighted by atomic mass is 9.95. The molecular formula is C15H16ClF2NO3. The molecule has 4 nitrogen and oxygen atoms in total. The van der Waals surface area contributed by atoms with Gasteiger partial charge in [-0.15, -0.1) is 0 Å². The minimum atomic E-state index is -1.07. The highest BCUT2D eigenvalue weighted by molar-refractivity contribution is 6.33. The number of carbonyl (C=O) groups excluding carboxylic acids is 1. The van der Waals surface area contributed by atoms with Gasteiger partial charge in [-0.05, 0) is 25.0 Å². The van der Waals surface area contributed by atoms with Gasteiger partial charge in [0.1, 0.15) is 0 Å². The van der Waals surface area contributed by atoms with E-state index >= 15 is 0 Å². The second-order valence-corrected chi connectivity index (χ2v) is 5.89. The van der Waals surface area contributed by atoms with Crippen molar-refractivity contribution in [1.82, 2.24) is 4.90 Å². The maximum absolute atomic E-state index is 13.3. The summed E-state index contributed by atoms with van der Waals surface area (Å²) in [5.74, 6) is -2.26. The van der Waals surface area contributed by atoms with Crippen molar-refractivity contribution in [3.8, 4) is 0 Å². The topological polar surface area (TPSA) is 38.8 Å². The van der Waals surface area contributed by atoms with Crippen molar-refractivity contribution in [3.05, 3.63) is 34.4 Å². The monoisotopic (exact) mass is 331 g/mol. The Morgan fingerprint density at radius 2 is 1.73 bits per heavy atom. The van der Waals surface area contributed by atoms with Crippen LogP contribution in [0.15, 0.2) is 12.1 Å². The van der Waals surface area contributed by atoms with Crippen molar-refractivity contribution < 1.29 is 23.0 Å². The third-order valence-corrected chi connectivity index (χ3v) is 4.41. The lowest BCUT2D eigenvalue weighted by Gasteiger charge is -2.34. The molecular weight excluding hydrogens is 316 g/mol. The first-order valence-electron chi connectivity index (χ1n) is 7.23. The molecule has 0 spiro atoms. The van der Waals surface area contributed by atoms with Gasteiger partial charge in [0.25, 0.3) is 5.91 Å². The number of carbonyl (C=O) groups is 1. The summed E-state index contributed by atoms with van der Waals surface area (Å²) in [6, 6.07) is 1.69. The molecule has 120 valence electrons. The van der Waals surface area contributed by atoms with Crippen LogP contribution in [0.4, 0.5) is 8.78 Å². The summed E-state index contributed by atoms with van der Waals surface area (Å²) in [7, 11) is 0. The Morgan fingerprint density at radius 3 is 2.36 bits per heavy atom. The van der Waals surface area contributed by atoms with Crippen LogP contribution in [0.25, 0.3) is 0 Å². The average molecular weight is 332 g/mol. The van der Waals surface area contributed by atoms with E-state index in [1.807, 2.05) is 0 Å². The van der Waals surface area contributed by atoms with Crippen molar-refractivity contribution in [2.75, 3.05) is 26.3 Å². The second kappa shape index (κ2) is 6.48. The van der Waals surface area contributed by atoms with Gasteiger partial charge >= 0.3 is 0 Å². The molecule has 1 aromatic carbocycles. The lowest BCUT2D eigenvalue weighted by Crippen LogP contribution is -2.41. The maximum atomic E-state index is 13.3. The predicted molar refractivity (Wildman–Crippen MR) is 75.7 cm³/mol. The second-order valence-electron chi connectivity index (χ2n) is 5.49. The molecule has 2 heterocycles. The molecule has 0 N–H and O–H groups in total. The summed E-state index contributed by atoms with van der Waals surface area (Å²) in [4.78, 5) is 14.0. The Labute approximate surface area is 131 Å². The van der Waals surface area contributed by atoms with E-state index in [1.165, 1.54) is 0 Å². The Kier molecular flexibility index (Phi) is 4.61. The normalized spacial score (nSPS) is 20.6. The molecule has 0 aromatic heterocycles. The number of benzene rings is 1. The Hall–Kier alpha value is -1.24. The number of amides is 1. The first kappa shape index (κ1) is 15.6. The molecule has 1 amide bonds. The first-order valence-corrected chi connectivity index (χ1v) is 7.61. The zero-order valence-corrected chi connectivity index (χ0v) is 12.6. The molecule has 2 saturated heterocycles. The molecule has 0 radical (unpaired) electrons. The van der Waals surface area contributed by atoms with Gasteiger partial charge in [-0.3, -0.25) is 4.79 Å². The molecule has 3 rings (SSSR count). The van der Waals surface area contributed by atoms with Gasteiger partial charge in [-0.25, -0.2) is 8.78 Å². The van der Waals surface area contributed by atoms with Crippen LogP contribution in [0.5, 0.6) is 0 Å². The zero-order valence-electron chi connectivity index (χ0n) is 11.9. The van der Waals surface area contributed by atoms with Gasteiger partial charge in [0, 0.05) is 19.0 Å². The summed E-state index contributed by atoms with van der Waals surface area (Å²) >= 11 is 5.85. The molecule has 22 heavy (non-hydrogen) atoms. The highest BCUT2D eigenvalue weighted by Crippen LogP contribution is 2.28. The van der Waals surface area contributed by atoms with E-state index in [1.54, 1.807) is 4.90 Å². The van der Waals surface area contributed by atoms with Crippen LogP contribution in [0.3, 0.4) is 0 Å². The number of rotatable bonds is 2. The van der Waals surface area contributed by atoms with Crippen LogP contribution in [0.2, 0.25) is 5.02 Å². The SMILES string of the molecule is O=C(c1cc(F)c(F)cc1Cl)N1CCC(C2OCCO2)CC1. The number of hydrogen-bond donors (Lipinski definition) is 0. The van der Waals surface area contributed by atoms with Gasteiger partial charge in [-0.2, -0.15) is 0 Å². The fraction of sp³-hybridized carbons (Fsp3) is 0.533. The van der Waals surface area contributed by atoms with Crippen LogP contribution in [-0.4, -0.2) is 43.4 Å². The van der Waals surface area contributed by atoms with Crippen molar-refractivity contribution >= 4 is 17.5 Å². The first-order chi connectivity index (χ1) is 10.6. The van der Waals surface area contributed by atoms with E-state index in [0.29, 0.717) is 26.3 Å². The number of likely N-dealkylation sites (tertiary alicyclic amines) is 1. The van der Waals surface area contributed by atoms with E-state index in [0.717, 1.165) is 25.0 Å². The third-order valence-electron chi connectivity index (χ3n) is 4.10. The van der Waals surface area contributed by atoms with Crippen molar-refractivity contribution in [2.24, 2.45) is 5.92 Å². The van der Waals surface area contributed by atoms with E-state index in [2.05, 4.69) is 0 Å². The van der Waals surface area contributed by atoms with Crippen LogP contribution >= 0.6 is 11.6 Å². The minimum Gasteiger partial charge on any atom is -0.350 e. The van der Waals surface area contributed by atoms with E-state index < -0.39 is 11.6 Å². The summed E-state index contributed by atoms with van der Waals surface area (Å²) < 4.78 is 37.4. The lowest BCUT2D eigenvalue weighted by molar-refractivity contribution is -0.0956. The summed E-state index contributed by atoms with van der Waals surface area (Å²) in [5.41, 5.74) is -0.00705. The smallest absolute Gasteiger partial charge is 0.255 e. The van der Waals surface area contributed by atoms with Crippen LogP contribution < -0.4 is 0 Å². The number of nitrogens with zero attached hydrogens (tertiary/aromatic N) is 1. The Bertz CT molecular complexity index is 570. The summed E-state index contributed by atoms with van der Waals surface area (Å²) in [6.45, 7) is 2.24. The number of piperidine rings is 1. The highest BCUT2D eigenvalue weighted by atomic mass is 35.5. The Balaban J connectivity index is 1.65. The molecule has 0 atom stereocenters. The fourth-order valence-electron chi connectivity index (χ4n) is 2.88. The zero-order chi connectivity index (χ0) is 15.7. The molecule has 0 unspecified atom stereocenters. The summed E-state index contributed by atoms with van der Waals surface area (Å²) in [5, 5.41) is -0.0755. The van der Waals surface area contributed by atoms with Gasteiger partial charge in [-0.1, -0.05) is 11.6 Å². The highest BCUT2D eigenvalue weighted by Gasteiger charge is 2.32. The van der Waals surface area contributed by atoms with Crippen molar-refractivity contribution in [3.63, 3.8) is 0 Å². The van der Waals surface area contributed by atoms with Crippen LogP contribution in [-0.2, 0) is 9.47 Å². The standard InChI is InChI=1S/C15H16ClF2NO3/c16-11-8-13(18)12(17)7-10(11)14(20)19-3-1-9(2-4-19)15-21-5-6-22-15/h7-9,15H,1-6H2. The molecule has 7 heteroatoms. The number of hydrogen-bond acceptors (Lipinski definition) is 3. The average Bonchev–Trinajstić information content (AvgIpc) is 3.05. The molecule has 0 aliphatic carbocycles. The summed E-state index contributed by atoms with van der Waals surface area (Å²) in [6.07, 6.45) is 1.30. The van der Waals surface area contributed by atoms with Gasteiger partial charge in [0.2, 0.25) is 0 Å². The van der Waals surface area contributed by atoms with Gasteiger partial charge in [0.15, 0.2) is 17.9 Å². The van der Waals surface area contributed by atoms with Gasteiger partial charge < -0.3 is 14.4 Å². The maximum Gasteiger partial charge on any atom is 0.255 e. The molecule has 2 aliphatic heterocycles. The minimum absolute atomic E-state index is 0.00705. The molecule has 0 bridgehead atoms. The van der Waals surface area contributed by atoms with Crippen LogP contribution in [0.1, 0.15) is 23.2 Å². The van der Waals surface area contributed by atoms with Gasteiger partial charge in [0.05, 0.1) is 23.8 Å². The predicted octanol–water partition coefficient (Wildman–Crippen LogP) is 2.84. The van der Waals surface area contributed by atoms with E-state index in [-0.39, 0.29) is 28.7 Å². The van der Waals surface area contributed by atoms with E-state index in [9.17, 15) is 13.6 Å². The third kappa shape index (κ3) is 3.09. The van der Waals surface area contributed by atoms with Crippen molar-refractivity contribution in [1.29, 1.82) is 0 Å². The largest absolute Gasteiger partial charge is 0.350 e. The molecule has 0 saturated carbocycles. The fourth-order valence-corrected chi connectivity index (χ4v) is 3.11. The Morgan fingerprint density at radius 1 is 1.14 bits per heavy atom. The number of ether oxygens (including phenoxy) is 2. The number of halogens is 3. The molecule has 1 aromatic rings. The molecule has 2 aliphatic rings. The quantitative estimate of drug-likeness (QED) is 0.782. The van der Waals surface area contributed by atoms with Crippen LogP contribution in [0, 0.1) is 17.6 Å². The van der Waals surface area contributed by atoms with E-state index in [4.69, 9.17) is 21.1 Å².